The van der Waals surface area contributed by atoms with E-state index in [0.29, 0.717) is 39.2 Å². The van der Waals surface area contributed by atoms with Crippen molar-refractivity contribution in [2.45, 2.75) is 103 Å². The van der Waals surface area contributed by atoms with Crippen molar-refractivity contribution in [1.29, 1.82) is 0 Å². The Kier molecular flexibility index (Phi) is 14.6. The van der Waals surface area contributed by atoms with Gasteiger partial charge in [0.1, 0.15) is 12.2 Å². The van der Waals surface area contributed by atoms with Crippen molar-refractivity contribution in [3.8, 4) is 0 Å². The molecule has 196 valence electrons. The first kappa shape index (κ1) is 30.2. The number of β-amino-alcohol motifs (C(OH)–C–C–N with tert-alkyl or cyclic N) is 1. The van der Waals surface area contributed by atoms with Crippen molar-refractivity contribution in [3.63, 3.8) is 0 Å². The van der Waals surface area contributed by atoms with Crippen molar-refractivity contribution in [2.24, 2.45) is 11.8 Å². The number of carbonyl (C=O) groups is 1. The molecule has 0 saturated carbocycles. The van der Waals surface area contributed by atoms with Crippen LogP contribution in [0.5, 0.6) is 0 Å². The lowest BCUT2D eigenvalue weighted by Crippen LogP contribution is -2.55. The molecule has 2 saturated heterocycles. The normalized spacial score (nSPS) is 32.1. The molecule has 2 fully saturated rings. The van der Waals surface area contributed by atoms with E-state index in [1.54, 1.807) is 11.8 Å². The van der Waals surface area contributed by atoms with Gasteiger partial charge >= 0.3 is 0 Å². The second kappa shape index (κ2) is 16.0. The summed E-state index contributed by atoms with van der Waals surface area (Å²) in [5.41, 5.74) is 0. The molecule has 0 aliphatic carbocycles. The molecule has 4 N–H and O–H groups in total. The van der Waals surface area contributed by atoms with Gasteiger partial charge in [-0.05, 0) is 32.1 Å². The van der Waals surface area contributed by atoms with Crippen LogP contribution in [0.1, 0.15) is 66.7 Å². The van der Waals surface area contributed by atoms with E-state index in [0.717, 1.165) is 25.2 Å². The molecule has 2 heterocycles. The van der Waals surface area contributed by atoms with Crippen LogP contribution in [0.4, 0.5) is 0 Å². The fourth-order valence-electron chi connectivity index (χ4n) is 3.92. The van der Waals surface area contributed by atoms with Gasteiger partial charge < -0.3 is 39.5 Å². The Hall–Kier alpha value is -0.810. The summed E-state index contributed by atoms with van der Waals surface area (Å²) in [5.74, 6) is 0.470. The highest BCUT2D eigenvalue weighted by Crippen LogP contribution is 2.27. The zero-order chi connectivity index (χ0) is 25.0. The Bertz CT molecular complexity index is 530. The first-order valence-corrected chi connectivity index (χ1v) is 12.4. The van der Waals surface area contributed by atoms with Gasteiger partial charge in [-0.15, -0.1) is 0 Å². The average molecular weight is 478 g/mol. The number of ether oxygens (including phenoxy) is 3. The number of rotatable bonds is 11. The summed E-state index contributed by atoms with van der Waals surface area (Å²) < 4.78 is 16.6. The van der Waals surface area contributed by atoms with E-state index in [1.165, 1.54) is 0 Å². The predicted octanol–water partition coefficient (Wildman–Crippen LogP) is 1.30. The van der Waals surface area contributed by atoms with Crippen LogP contribution in [0.15, 0.2) is 0 Å². The summed E-state index contributed by atoms with van der Waals surface area (Å²) in [6.45, 7) is 11.6. The molecule has 0 aromatic carbocycles. The molecule has 9 nitrogen and oxygen atoms in total. The molecule has 33 heavy (non-hydrogen) atoms. The SMILES string of the molecule is CC(C)C.CCOC[C@@H]1C[C@@H](O)CN1C(=O)CCCCCO[C@@H]1OC(CO)[C@H](O)[C@H](O)C1C. The minimum atomic E-state index is -1.13. The molecule has 2 unspecified atom stereocenters. The fourth-order valence-corrected chi connectivity index (χ4v) is 3.92. The molecular weight excluding hydrogens is 430 g/mol. The van der Waals surface area contributed by atoms with E-state index >= 15 is 0 Å². The maximum Gasteiger partial charge on any atom is 0.222 e. The van der Waals surface area contributed by atoms with Crippen molar-refractivity contribution in [2.75, 3.05) is 33.0 Å². The zero-order valence-electron chi connectivity index (χ0n) is 21.1. The van der Waals surface area contributed by atoms with Crippen LogP contribution in [-0.4, -0.2) is 101 Å². The Morgan fingerprint density at radius 2 is 1.79 bits per heavy atom. The van der Waals surface area contributed by atoms with E-state index in [4.69, 9.17) is 14.2 Å². The smallest absolute Gasteiger partial charge is 0.222 e. The van der Waals surface area contributed by atoms with Crippen LogP contribution in [-0.2, 0) is 19.0 Å². The summed E-state index contributed by atoms with van der Waals surface area (Å²) in [7, 11) is 0. The molecule has 1 amide bonds. The second-order valence-corrected chi connectivity index (χ2v) is 9.73. The lowest BCUT2D eigenvalue weighted by molar-refractivity contribution is -0.282. The summed E-state index contributed by atoms with van der Waals surface area (Å²) >= 11 is 0. The number of unbranched alkanes of at least 4 members (excludes halogenated alkanes) is 2. The molecule has 2 aliphatic rings. The summed E-state index contributed by atoms with van der Waals surface area (Å²) in [5, 5.41) is 39.0. The third-order valence-electron chi connectivity index (χ3n) is 5.73. The molecule has 0 aromatic rings. The van der Waals surface area contributed by atoms with Gasteiger partial charge in [-0.2, -0.15) is 0 Å². The van der Waals surface area contributed by atoms with Crippen molar-refractivity contribution < 1.29 is 39.4 Å². The van der Waals surface area contributed by atoms with Gasteiger partial charge in [-0.3, -0.25) is 4.79 Å². The monoisotopic (exact) mass is 477 g/mol. The third-order valence-corrected chi connectivity index (χ3v) is 5.73. The first-order chi connectivity index (χ1) is 15.6. The van der Waals surface area contributed by atoms with Crippen molar-refractivity contribution >= 4 is 5.91 Å². The maximum absolute atomic E-state index is 12.5. The number of carbonyl (C=O) groups excluding carboxylic acids is 1. The van der Waals surface area contributed by atoms with Gasteiger partial charge in [0.15, 0.2) is 6.29 Å². The van der Waals surface area contributed by atoms with E-state index in [-0.39, 0.29) is 18.6 Å². The molecule has 2 aliphatic heterocycles. The summed E-state index contributed by atoms with van der Waals surface area (Å²) in [6.07, 6.45) is -0.925. The van der Waals surface area contributed by atoms with Gasteiger partial charge in [0.2, 0.25) is 5.91 Å². The standard InChI is InChI=1S/C20H37NO8.C4H10/c1-3-27-12-14-9-15(23)10-21(14)17(24)7-5-4-6-8-28-20-13(2)18(25)19(26)16(11-22)29-20;1-4(2)3/h13-16,18-20,22-23,25-26H,3-12H2,1-2H3;4H,1-3H3/t13?,14-,15+,16?,18+,19-,20+;/m0./s1. The molecule has 0 bridgehead atoms. The van der Waals surface area contributed by atoms with Crippen LogP contribution in [0.25, 0.3) is 0 Å². The van der Waals surface area contributed by atoms with Gasteiger partial charge in [0.05, 0.1) is 31.5 Å². The van der Waals surface area contributed by atoms with E-state index in [2.05, 4.69) is 20.8 Å². The van der Waals surface area contributed by atoms with Crippen molar-refractivity contribution in [1.82, 2.24) is 4.90 Å². The number of hydrogen-bond acceptors (Lipinski definition) is 8. The van der Waals surface area contributed by atoms with E-state index in [1.807, 2.05) is 6.92 Å². The third kappa shape index (κ3) is 10.5. The van der Waals surface area contributed by atoms with Gasteiger partial charge in [0, 0.05) is 32.1 Å². The Morgan fingerprint density at radius 3 is 2.39 bits per heavy atom. The minimum Gasteiger partial charge on any atom is -0.394 e. The number of aliphatic hydroxyl groups is 4. The number of hydrogen-bond donors (Lipinski definition) is 4. The highest BCUT2D eigenvalue weighted by molar-refractivity contribution is 5.76. The lowest BCUT2D eigenvalue weighted by Gasteiger charge is -2.40. The Morgan fingerprint density at radius 1 is 1.12 bits per heavy atom. The van der Waals surface area contributed by atoms with Gasteiger partial charge in [0.25, 0.3) is 0 Å². The molecule has 0 radical (unpaired) electrons. The van der Waals surface area contributed by atoms with Crippen molar-refractivity contribution in [3.05, 3.63) is 0 Å². The highest BCUT2D eigenvalue weighted by Gasteiger charge is 2.42. The molecule has 0 spiro atoms. The van der Waals surface area contributed by atoms with E-state index in [9.17, 15) is 25.2 Å². The Balaban J connectivity index is 0.00000125. The molecule has 9 heteroatoms. The van der Waals surface area contributed by atoms with E-state index < -0.39 is 36.6 Å². The van der Waals surface area contributed by atoms with Crippen LogP contribution >= 0.6 is 0 Å². The highest BCUT2D eigenvalue weighted by atomic mass is 16.7. The number of aliphatic hydroxyl groups excluding tert-OH is 4. The largest absolute Gasteiger partial charge is 0.394 e. The van der Waals surface area contributed by atoms with Crippen LogP contribution < -0.4 is 0 Å². The number of likely N-dealkylation sites (tertiary alicyclic amines) is 1. The number of amides is 1. The molecule has 0 aromatic heterocycles. The topological polar surface area (TPSA) is 129 Å². The Labute approximate surface area is 199 Å². The van der Waals surface area contributed by atoms with Crippen LogP contribution in [0.2, 0.25) is 0 Å². The summed E-state index contributed by atoms with van der Waals surface area (Å²) in [6, 6.07) is -0.0491. The predicted molar refractivity (Wildman–Crippen MR) is 124 cm³/mol. The summed E-state index contributed by atoms with van der Waals surface area (Å²) in [4.78, 5) is 14.2. The molecular formula is C24H47NO8. The second-order valence-electron chi connectivity index (χ2n) is 9.73. The van der Waals surface area contributed by atoms with Gasteiger partial charge in [-0.25, -0.2) is 0 Å². The first-order valence-electron chi connectivity index (χ1n) is 12.4. The zero-order valence-corrected chi connectivity index (χ0v) is 21.1. The number of nitrogens with zero attached hydrogens (tertiary/aromatic N) is 1. The molecule has 2 rings (SSSR count). The lowest BCUT2D eigenvalue weighted by atomic mass is 9.92. The average Bonchev–Trinajstić information content (AvgIpc) is 3.14. The fraction of sp³-hybridized carbons (Fsp3) is 0.958. The van der Waals surface area contributed by atoms with Crippen LogP contribution in [0, 0.1) is 11.8 Å². The van der Waals surface area contributed by atoms with Crippen LogP contribution in [0.3, 0.4) is 0 Å². The molecule has 7 atom stereocenters. The van der Waals surface area contributed by atoms with Gasteiger partial charge in [-0.1, -0.05) is 34.1 Å². The maximum atomic E-state index is 12.5. The minimum absolute atomic E-state index is 0.0410. The quantitative estimate of drug-likeness (QED) is 0.328.